The molecule has 0 saturated carbocycles. The Morgan fingerprint density at radius 3 is 2.90 bits per heavy atom. The fourth-order valence-corrected chi connectivity index (χ4v) is 1.37. The quantitative estimate of drug-likeness (QED) is 0.582. The number of piperidine rings is 1. The van der Waals surface area contributed by atoms with Gasteiger partial charge in [-0.15, -0.1) is 0 Å². The van der Waals surface area contributed by atoms with Gasteiger partial charge in [-0.05, 0) is 19.3 Å². The van der Waals surface area contributed by atoms with E-state index in [0.717, 1.165) is 19.4 Å². The Morgan fingerprint density at radius 1 is 1.60 bits per heavy atom. The summed E-state index contributed by atoms with van der Waals surface area (Å²) in [4.78, 5) is 12.0. The monoisotopic (exact) mass is 141 g/mol. The predicted molar refractivity (Wildman–Crippen MR) is 39.1 cm³/mol. The van der Waals surface area contributed by atoms with Crippen LogP contribution in [-0.4, -0.2) is 30.4 Å². The smallest absolute Gasteiger partial charge is 0.312 e. The summed E-state index contributed by atoms with van der Waals surface area (Å²) in [5, 5.41) is 0. The minimum absolute atomic E-state index is 0.256. The number of nitrogens with zero attached hydrogens (tertiary/aromatic N) is 1. The van der Waals surface area contributed by atoms with Crippen molar-refractivity contribution in [2.75, 3.05) is 13.1 Å². The van der Waals surface area contributed by atoms with Crippen molar-refractivity contribution < 1.29 is 4.79 Å². The van der Waals surface area contributed by atoms with E-state index < -0.39 is 0 Å². The zero-order chi connectivity index (χ0) is 7.40. The Hall–Kier alpha value is -0.570. The van der Waals surface area contributed by atoms with Gasteiger partial charge >= 0.3 is 6.41 Å². The topological polar surface area (TPSA) is 46.3 Å². The van der Waals surface area contributed by atoms with E-state index in [9.17, 15) is 4.79 Å². The number of hydrogen-bond acceptors (Lipinski definition) is 2. The van der Waals surface area contributed by atoms with Crippen LogP contribution < -0.4 is 5.73 Å². The SMILES string of the molecule is NCC1CCCCN1[C]=O. The third kappa shape index (κ3) is 1.48. The normalized spacial score (nSPS) is 26.5. The first-order valence-corrected chi connectivity index (χ1v) is 3.73. The van der Waals surface area contributed by atoms with Crippen LogP contribution in [0.25, 0.3) is 0 Å². The van der Waals surface area contributed by atoms with Gasteiger partial charge in [-0.3, -0.25) is 4.79 Å². The molecule has 1 atom stereocenters. The molecule has 1 heterocycles. The third-order valence-corrected chi connectivity index (χ3v) is 2.02. The molecule has 1 aliphatic heterocycles. The molecule has 0 aromatic heterocycles. The maximum absolute atomic E-state index is 10.3. The van der Waals surface area contributed by atoms with E-state index in [1.807, 2.05) is 6.41 Å². The number of nitrogens with two attached hydrogens (primary N) is 1. The van der Waals surface area contributed by atoms with E-state index in [-0.39, 0.29) is 6.04 Å². The van der Waals surface area contributed by atoms with Crippen LogP contribution in [0.5, 0.6) is 0 Å². The highest BCUT2D eigenvalue weighted by molar-refractivity contribution is 5.49. The molecule has 1 fully saturated rings. The lowest BCUT2D eigenvalue weighted by Crippen LogP contribution is -2.42. The van der Waals surface area contributed by atoms with Crippen molar-refractivity contribution in [2.45, 2.75) is 25.3 Å². The number of likely N-dealkylation sites (tertiary alicyclic amines) is 1. The van der Waals surface area contributed by atoms with Crippen LogP contribution in [0.15, 0.2) is 0 Å². The zero-order valence-corrected chi connectivity index (χ0v) is 6.05. The average Bonchev–Trinajstić information content (AvgIpc) is 2.04. The lowest BCUT2D eigenvalue weighted by Gasteiger charge is -2.30. The molecule has 1 amide bonds. The average molecular weight is 141 g/mol. The van der Waals surface area contributed by atoms with Crippen LogP contribution in [-0.2, 0) is 4.79 Å². The zero-order valence-electron chi connectivity index (χ0n) is 6.05. The van der Waals surface area contributed by atoms with Crippen LogP contribution in [0.3, 0.4) is 0 Å². The molecule has 0 aromatic carbocycles. The molecule has 0 bridgehead atoms. The van der Waals surface area contributed by atoms with Gasteiger partial charge in [-0.2, -0.15) is 0 Å². The molecule has 2 N–H and O–H groups in total. The van der Waals surface area contributed by atoms with E-state index in [1.165, 1.54) is 6.42 Å². The van der Waals surface area contributed by atoms with Crippen LogP contribution in [0.1, 0.15) is 19.3 Å². The van der Waals surface area contributed by atoms with Crippen molar-refractivity contribution >= 4 is 6.41 Å². The van der Waals surface area contributed by atoms with Crippen molar-refractivity contribution in [2.24, 2.45) is 5.73 Å². The summed E-state index contributed by atoms with van der Waals surface area (Å²) in [6.07, 6.45) is 5.25. The molecule has 1 unspecified atom stereocenters. The first kappa shape index (κ1) is 7.54. The first-order chi connectivity index (χ1) is 4.88. The standard InChI is InChI=1S/C7H13N2O/c8-5-7-3-1-2-4-9(7)6-10/h7H,1-5,8H2. The second kappa shape index (κ2) is 3.56. The van der Waals surface area contributed by atoms with Crippen molar-refractivity contribution in [3.05, 3.63) is 0 Å². The molecule has 1 radical (unpaired) electrons. The van der Waals surface area contributed by atoms with Crippen LogP contribution in [0.2, 0.25) is 0 Å². The minimum Gasteiger partial charge on any atom is -0.330 e. The van der Waals surface area contributed by atoms with Gasteiger partial charge in [0.2, 0.25) is 0 Å². The summed E-state index contributed by atoms with van der Waals surface area (Å²) in [7, 11) is 0. The number of amides is 1. The van der Waals surface area contributed by atoms with E-state index in [4.69, 9.17) is 5.73 Å². The van der Waals surface area contributed by atoms with Crippen molar-refractivity contribution in [3.8, 4) is 0 Å². The Balaban J connectivity index is 2.41. The van der Waals surface area contributed by atoms with E-state index in [2.05, 4.69) is 0 Å². The van der Waals surface area contributed by atoms with Gasteiger partial charge in [0.25, 0.3) is 0 Å². The second-order valence-corrected chi connectivity index (χ2v) is 2.67. The van der Waals surface area contributed by atoms with Crippen molar-refractivity contribution in [1.29, 1.82) is 0 Å². The molecular weight excluding hydrogens is 128 g/mol. The summed E-state index contributed by atoms with van der Waals surface area (Å²) in [5.74, 6) is 0. The highest BCUT2D eigenvalue weighted by Gasteiger charge is 2.19. The third-order valence-electron chi connectivity index (χ3n) is 2.02. The van der Waals surface area contributed by atoms with Crippen LogP contribution in [0.4, 0.5) is 0 Å². The van der Waals surface area contributed by atoms with Gasteiger partial charge in [-0.1, -0.05) is 0 Å². The lowest BCUT2D eigenvalue weighted by molar-refractivity contribution is 0.236. The second-order valence-electron chi connectivity index (χ2n) is 2.67. The van der Waals surface area contributed by atoms with E-state index in [1.54, 1.807) is 4.90 Å². The molecule has 0 spiro atoms. The Morgan fingerprint density at radius 2 is 2.40 bits per heavy atom. The summed E-state index contributed by atoms with van der Waals surface area (Å²) >= 11 is 0. The maximum atomic E-state index is 10.3. The Labute approximate surface area is 61.2 Å². The number of hydrogen-bond donors (Lipinski definition) is 1. The Bertz CT molecular complexity index is 116. The summed E-state index contributed by atoms with van der Waals surface area (Å²) in [5.41, 5.74) is 5.45. The van der Waals surface area contributed by atoms with Gasteiger partial charge in [-0.25, -0.2) is 0 Å². The van der Waals surface area contributed by atoms with Crippen molar-refractivity contribution in [3.63, 3.8) is 0 Å². The summed E-state index contributed by atoms with van der Waals surface area (Å²) in [6, 6.07) is 0.256. The van der Waals surface area contributed by atoms with Gasteiger partial charge in [0.15, 0.2) is 0 Å². The lowest BCUT2D eigenvalue weighted by atomic mass is 10.0. The van der Waals surface area contributed by atoms with Crippen molar-refractivity contribution in [1.82, 2.24) is 4.90 Å². The maximum Gasteiger partial charge on any atom is 0.312 e. The number of carbonyl (C=O) groups excluding carboxylic acids is 1. The highest BCUT2D eigenvalue weighted by atomic mass is 16.1. The molecule has 0 aromatic rings. The molecule has 0 aliphatic carbocycles. The van der Waals surface area contributed by atoms with E-state index in [0.29, 0.717) is 6.54 Å². The minimum atomic E-state index is 0.256. The molecule has 3 nitrogen and oxygen atoms in total. The van der Waals surface area contributed by atoms with Crippen LogP contribution >= 0.6 is 0 Å². The molecule has 1 aliphatic rings. The van der Waals surface area contributed by atoms with Gasteiger partial charge in [0, 0.05) is 19.1 Å². The molecule has 10 heavy (non-hydrogen) atoms. The molecule has 3 heteroatoms. The van der Waals surface area contributed by atoms with Gasteiger partial charge in [0.05, 0.1) is 0 Å². The summed E-state index contributed by atoms with van der Waals surface area (Å²) in [6.45, 7) is 1.42. The van der Waals surface area contributed by atoms with Crippen LogP contribution in [0, 0.1) is 0 Å². The first-order valence-electron chi connectivity index (χ1n) is 3.73. The molecule has 1 saturated heterocycles. The Kier molecular flexibility index (Phi) is 2.68. The molecule has 1 rings (SSSR count). The fraction of sp³-hybridized carbons (Fsp3) is 0.857. The fourth-order valence-electron chi connectivity index (χ4n) is 1.37. The predicted octanol–water partition coefficient (Wildman–Crippen LogP) is -0.133. The van der Waals surface area contributed by atoms with Gasteiger partial charge in [0.1, 0.15) is 0 Å². The highest BCUT2D eigenvalue weighted by Crippen LogP contribution is 2.13. The summed E-state index contributed by atoms with van der Waals surface area (Å²) < 4.78 is 0. The van der Waals surface area contributed by atoms with E-state index >= 15 is 0 Å². The number of rotatable bonds is 2. The largest absolute Gasteiger partial charge is 0.330 e. The molecule has 57 valence electrons. The molecular formula is C7H13N2O. The van der Waals surface area contributed by atoms with Gasteiger partial charge < -0.3 is 10.6 Å².